The van der Waals surface area contributed by atoms with E-state index in [0.717, 1.165) is 0 Å². The number of unbranched alkanes of at least 4 members (excludes halogenated alkanes) is 1. The molecule has 10 heavy (non-hydrogen) atoms. The monoisotopic (exact) mass is 152 g/mol. The van der Waals surface area contributed by atoms with E-state index in [-0.39, 0.29) is 0 Å². The van der Waals surface area contributed by atoms with Crippen LogP contribution in [0.3, 0.4) is 0 Å². The Morgan fingerprint density at radius 3 is 2.20 bits per heavy atom. The zero-order valence-electron chi connectivity index (χ0n) is 7.74. The van der Waals surface area contributed by atoms with Gasteiger partial charge in [-0.15, -0.1) is 0 Å². The molecule has 0 N–H and O–H groups in total. The predicted octanol–water partition coefficient (Wildman–Crippen LogP) is 2.89. The molecule has 0 fully saturated rings. The van der Waals surface area contributed by atoms with Gasteiger partial charge in [0.15, 0.2) is 0 Å². The first-order valence-corrected chi connectivity index (χ1v) is 5.19. The van der Waals surface area contributed by atoms with Gasteiger partial charge in [0.05, 0.1) is 0 Å². The molecule has 0 aromatic rings. The van der Waals surface area contributed by atoms with Crippen LogP contribution in [0.4, 0.5) is 0 Å². The van der Waals surface area contributed by atoms with Crippen LogP contribution in [-0.4, -0.2) is 28.2 Å². The fraction of sp³-hybridized carbons (Fsp3) is 1.00. The van der Waals surface area contributed by atoms with Crippen molar-refractivity contribution in [2.45, 2.75) is 43.5 Å². The number of rotatable bonds is 4. The summed E-state index contributed by atoms with van der Waals surface area (Å²) < 4.78 is 0.466. The van der Waals surface area contributed by atoms with Crippen LogP contribution in [0.15, 0.2) is 0 Å². The minimum absolute atomic E-state index is 0.466. The molecule has 0 unspecified atom stereocenters. The molecule has 0 aromatic heterocycles. The first kappa shape index (κ1) is 10.9. The molecular formula is C8H17LiS. The first-order valence-electron chi connectivity index (χ1n) is 4.20. The Morgan fingerprint density at radius 2 is 1.80 bits per heavy atom. The predicted molar refractivity (Wildman–Crippen MR) is 52.0 cm³/mol. The van der Waals surface area contributed by atoms with Gasteiger partial charge in [0, 0.05) is 0 Å². The molecule has 0 amide bonds. The second kappa shape index (κ2) is 5.58. The van der Waals surface area contributed by atoms with Gasteiger partial charge in [0.1, 0.15) is 0 Å². The van der Waals surface area contributed by atoms with Crippen molar-refractivity contribution in [2.24, 2.45) is 0 Å². The Balaban J connectivity index is 3.04. The van der Waals surface area contributed by atoms with Gasteiger partial charge in [0.2, 0.25) is 0 Å². The second-order valence-electron chi connectivity index (χ2n) is 3.67. The third-order valence-corrected chi connectivity index (χ3v) is 2.64. The summed E-state index contributed by atoms with van der Waals surface area (Å²) in [4.78, 5) is 0. The minimum atomic E-state index is 0.466. The molecular weight excluding hydrogens is 135 g/mol. The zero-order chi connectivity index (χ0) is 8.04. The molecule has 0 aliphatic carbocycles. The van der Waals surface area contributed by atoms with E-state index in [2.05, 4.69) is 50.2 Å². The van der Waals surface area contributed by atoms with Crippen LogP contribution >= 0.6 is 11.8 Å². The van der Waals surface area contributed by atoms with Crippen LogP contribution in [0.2, 0.25) is 5.09 Å². The standard InChI is InChI=1S/C8H17S.Li/c1-5-6-7-9-8(2,3)4;/h1,5-7H2,2-4H3;. The van der Waals surface area contributed by atoms with Crippen LogP contribution in [0.25, 0.3) is 0 Å². The normalized spacial score (nSPS) is 12.1. The summed E-state index contributed by atoms with van der Waals surface area (Å²) >= 11 is 4.33. The maximum absolute atomic E-state index is 2.28. The van der Waals surface area contributed by atoms with Gasteiger partial charge in [0.25, 0.3) is 0 Å². The molecule has 0 bridgehead atoms. The van der Waals surface area contributed by atoms with Crippen molar-refractivity contribution in [2.75, 3.05) is 5.75 Å². The molecule has 0 nitrogen and oxygen atoms in total. The van der Waals surface area contributed by atoms with Gasteiger partial charge < -0.3 is 0 Å². The Kier molecular flexibility index (Phi) is 6.11. The summed E-state index contributed by atoms with van der Waals surface area (Å²) in [6.45, 7) is 6.84. The second-order valence-corrected chi connectivity index (χ2v) is 5.59. The van der Waals surface area contributed by atoms with Crippen LogP contribution in [0.1, 0.15) is 33.6 Å². The van der Waals surface area contributed by atoms with Crippen LogP contribution in [0.5, 0.6) is 0 Å². The van der Waals surface area contributed by atoms with E-state index < -0.39 is 0 Å². The van der Waals surface area contributed by atoms with Gasteiger partial charge in [-0.1, -0.05) is 0 Å². The van der Waals surface area contributed by atoms with E-state index in [0.29, 0.717) is 4.75 Å². The van der Waals surface area contributed by atoms with Crippen LogP contribution in [0, 0.1) is 0 Å². The summed E-state index contributed by atoms with van der Waals surface area (Å²) in [6, 6.07) is 0. The summed E-state index contributed by atoms with van der Waals surface area (Å²) in [5.74, 6) is 1.33. The quantitative estimate of drug-likeness (QED) is 0.441. The summed E-state index contributed by atoms with van der Waals surface area (Å²) in [7, 11) is 0. The zero-order valence-corrected chi connectivity index (χ0v) is 8.55. The van der Waals surface area contributed by atoms with E-state index in [4.69, 9.17) is 0 Å². The van der Waals surface area contributed by atoms with Crippen LogP contribution in [-0.2, 0) is 0 Å². The van der Waals surface area contributed by atoms with Gasteiger partial charge >= 0.3 is 78.7 Å². The molecule has 0 rings (SSSR count). The van der Waals surface area contributed by atoms with Gasteiger partial charge in [-0.2, -0.15) is 0 Å². The molecule has 0 atom stereocenters. The van der Waals surface area contributed by atoms with Crippen molar-refractivity contribution in [1.29, 1.82) is 0 Å². The average Bonchev–Trinajstić information content (AvgIpc) is 1.78. The Hall–Kier alpha value is 0.947. The number of hydrogen-bond donors (Lipinski definition) is 0. The van der Waals surface area contributed by atoms with Crippen LogP contribution < -0.4 is 0 Å². The fourth-order valence-corrected chi connectivity index (χ4v) is 1.69. The molecule has 0 aliphatic rings. The number of thioether (sulfide) groups is 1. The molecule has 0 aliphatic heterocycles. The van der Waals surface area contributed by atoms with Crippen molar-refractivity contribution in [3.05, 3.63) is 0 Å². The Labute approximate surface area is 78.7 Å². The Bertz CT molecular complexity index is 75.8. The molecule has 56 valence electrons. The third-order valence-electron chi connectivity index (χ3n) is 1.28. The summed E-state index contributed by atoms with van der Waals surface area (Å²) in [6.07, 6.45) is 2.78. The summed E-state index contributed by atoms with van der Waals surface area (Å²) in [5, 5.41) is 1.34. The van der Waals surface area contributed by atoms with Gasteiger partial charge in [-0.25, -0.2) is 0 Å². The third kappa shape index (κ3) is 8.95. The first-order chi connectivity index (χ1) is 4.56. The van der Waals surface area contributed by atoms with Gasteiger partial charge in [-0.3, -0.25) is 0 Å². The van der Waals surface area contributed by atoms with E-state index >= 15 is 0 Å². The van der Waals surface area contributed by atoms with Gasteiger partial charge in [-0.05, 0) is 0 Å². The SMILES string of the molecule is [Li][CH2]CCCSC(C)(C)C. The molecule has 0 aromatic carbocycles. The van der Waals surface area contributed by atoms with Crippen molar-refractivity contribution >= 4 is 29.5 Å². The fourth-order valence-electron chi connectivity index (χ4n) is 0.730. The van der Waals surface area contributed by atoms with E-state index in [1.807, 2.05) is 0 Å². The maximum atomic E-state index is 2.28. The molecule has 0 radical (unpaired) electrons. The van der Waals surface area contributed by atoms with E-state index in [9.17, 15) is 0 Å². The molecule has 0 saturated carbocycles. The molecule has 0 spiro atoms. The number of hydrogen-bond acceptors (Lipinski definition) is 1. The molecule has 2 heteroatoms. The van der Waals surface area contributed by atoms with E-state index in [1.54, 1.807) is 0 Å². The Morgan fingerprint density at radius 1 is 1.20 bits per heavy atom. The summed E-state index contributed by atoms with van der Waals surface area (Å²) in [5.41, 5.74) is 0. The van der Waals surface area contributed by atoms with Crippen molar-refractivity contribution < 1.29 is 0 Å². The average molecular weight is 152 g/mol. The topological polar surface area (TPSA) is 0 Å². The molecule has 0 heterocycles. The van der Waals surface area contributed by atoms with Crippen molar-refractivity contribution in [1.82, 2.24) is 0 Å². The van der Waals surface area contributed by atoms with E-state index in [1.165, 1.54) is 23.7 Å². The molecule has 0 saturated heterocycles. The van der Waals surface area contributed by atoms with Crippen molar-refractivity contribution in [3.8, 4) is 0 Å². The van der Waals surface area contributed by atoms with Crippen molar-refractivity contribution in [3.63, 3.8) is 0 Å².